The van der Waals surface area contributed by atoms with Crippen molar-refractivity contribution in [3.05, 3.63) is 53.6 Å². The highest BCUT2D eigenvalue weighted by Crippen LogP contribution is 2.32. The van der Waals surface area contributed by atoms with Gasteiger partial charge in [0.15, 0.2) is 11.5 Å². The molecule has 0 aromatic heterocycles. The molecule has 0 heterocycles. The zero-order chi connectivity index (χ0) is 18.4. The van der Waals surface area contributed by atoms with Crippen LogP contribution < -0.4 is 14.2 Å². The van der Waals surface area contributed by atoms with Crippen LogP contribution in [0.15, 0.2) is 42.5 Å². The molecule has 0 radical (unpaired) electrons. The van der Waals surface area contributed by atoms with Crippen molar-refractivity contribution in [2.45, 2.75) is 32.3 Å². The number of rotatable bonds is 8. The monoisotopic (exact) mass is 344 g/mol. The van der Waals surface area contributed by atoms with E-state index in [-0.39, 0.29) is 6.10 Å². The van der Waals surface area contributed by atoms with Gasteiger partial charge in [-0.2, -0.15) is 0 Å². The molecule has 0 amide bonds. The maximum Gasteiger partial charge on any atom is 0.311 e. The SMILES string of the molecule is COc1cccc(C(Cc2ccc(OC)c(OC(C)C)c2)C(=O)O)c1. The first kappa shape index (κ1) is 18.6. The van der Waals surface area contributed by atoms with Crippen molar-refractivity contribution in [3.63, 3.8) is 0 Å². The minimum Gasteiger partial charge on any atom is -0.497 e. The molecule has 25 heavy (non-hydrogen) atoms. The molecular formula is C20H24O5. The predicted octanol–water partition coefficient (Wildman–Crippen LogP) is 3.90. The molecule has 5 heteroatoms. The molecule has 1 unspecified atom stereocenters. The van der Waals surface area contributed by atoms with E-state index in [1.165, 1.54) is 0 Å². The van der Waals surface area contributed by atoms with Crippen LogP contribution >= 0.6 is 0 Å². The summed E-state index contributed by atoms with van der Waals surface area (Å²) in [6.07, 6.45) is 0.346. The van der Waals surface area contributed by atoms with E-state index < -0.39 is 11.9 Å². The number of aliphatic carboxylic acids is 1. The minimum atomic E-state index is -0.879. The second kappa shape index (κ2) is 8.42. The standard InChI is InChI=1S/C20H24O5/c1-13(2)25-19-11-14(8-9-18(19)24-4)10-17(20(21)22)15-6-5-7-16(12-15)23-3/h5-9,11-13,17H,10H2,1-4H3,(H,21,22). The lowest BCUT2D eigenvalue weighted by molar-refractivity contribution is -0.138. The fourth-order valence-corrected chi connectivity index (χ4v) is 2.64. The topological polar surface area (TPSA) is 65.0 Å². The number of benzene rings is 2. The molecule has 2 rings (SSSR count). The van der Waals surface area contributed by atoms with E-state index in [4.69, 9.17) is 14.2 Å². The van der Waals surface area contributed by atoms with Crippen LogP contribution in [0.2, 0.25) is 0 Å². The third kappa shape index (κ3) is 4.89. The van der Waals surface area contributed by atoms with Crippen LogP contribution in [0.1, 0.15) is 30.9 Å². The molecule has 0 aliphatic carbocycles. The van der Waals surface area contributed by atoms with Gasteiger partial charge >= 0.3 is 5.97 Å². The highest BCUT2D eigenvalue weighted by atomic mass is 16.5. The van der Waals surface area contributed by atoms with Gasteiger partial charge < -0.3 is 19.3 Å². The van der Waals surface area contributed by atoms with Gasteiger partial charge in [0.2, 0.25) is 0 Å². The maximum absolute atomic E-state index is 11.8. The van der Waals surface area contributed by atoms with E-state index in [2.05, 4.69) is 0 Å². The summed E-state index contributed by atoms with van der Waals surface area (Å²) in [5.74, 6) is 0.337. The Bertz CT molecular complexity index is 724. The molecule has 1 N–H and O–H groups in total. The minimum absolute atomic E-state index is 0.00203. The number of methoxy groups -OCH3 is 2. The van der Waals surface area contributed by atoms with Crippen molar-refractivity contribution in [1.29, 1.82) is 0 Å². The molecule has 0 aliphatic rings. The third-order valence-corrected chi connectivity index (χ3v) is 3.82. The number of hydrogen-bond donors (Lipinski definition) is 1. The van der Waals surface area contributed by atoms with Gasteiger partial charge in [-0.3, -0.25) is 4.79 Å². The van der Waals surface area contributed by atoms with Crippen LogP contribution in [0.4, 0.5) is 0 Å². The number of carboxylic acid groups (broad SMARTS) is 1. The van der Waals surface area contributed by atoms with Gasteiger partial charge in [-0.25, -0.2) is 0 Å². The van der Waals surface area contributed by atoms with Gasteiger partial charge in [-0.05, 0) is 55.7 Å². The molecule has 2 aromatic carbocycles. The summed E-state index contributed by atoms with van der Waals surface area (Å²) >= 11 is 0. The van der Waals surface area contributed by atoms with Crippen molar-refractivity contribution in [3.8, 4) is 17.2 Å². The molecule has 0 spiro atoms. The van der Waals surface area contributed by atoms with Crippen molar-refractivity contribution in [2.24, 2.45) is 0 Å². The number of carbonyl (C=O) groups is 1. The smallest absolute Gasteiger partial charge is 0.311 e. The highest BCUT2D eigenvalue weighted by Gasteiger charge is 2.22. The summed E-state index contributed by atoms with van der Waals surface area (Å²) in [5.41, 5.74) is 1.57. The summed E-state index contributed by atoms with van der Waals surface area (Å²) in [6.45, 7) is 3.87. The first-order chi connectivity index (χ1) is 11.9. The van der Waals surface area contributed by atoms with Gasteiger partial charge in [0.25, 0.3) is 0 Å². The fraction of sp³-hybridized carbons (Fsp3) is 0.350. The first-order valence-corrected chi connectivity index (χ1v) is 8.15. The van der Waals surface area contributed by atoms with Gasteiger partial charge in [0.1, 0.15) is 5.75 Å². The second-order valence-electron chi connectivity index (χ2n) is 6.02. The van der Waals surface area contributed by atoms with Crippen molar-refractivity contribution in [2.75, 3.05) is 14.2 Å². The Labute approximate surface area is 148 Å². The number of hydrogen-bond acceptors (Lipinski definition) is 4. The van der Waals surface area contributed by atoms with Crippen LogP contribution in [0, 0.1) is 0 Å². The van der Waals surface area contributed by atoms with Crippen molar-refractivity contribution >= 4 is 5.97 Å². The van der Waals surface area contributed by atoms with Crippen LogP contribution in [-0.2, 0) is 11.2 Å². The third-order valence-electron chi connectivity index (χ3n) is 3.82. The molecule has 1 atom stereocenters. The second-order valence-corrected chi connectivity index (χ2v) is 6.02. The van der Waals surface area contributed by atoms with E-state index in [0.717, 1.165) is 5.56 Å². The summed E-state index contributed by atoms with van der Waals surface area (Å²) in [5, 5.41) is 9.67. The number of carboxylic acids is 1. The quantitative estimate of drug-likeness (QED) is 0.787. The lowest BCUT2D eigenvalue weighted by Gasteiger charge is -2.17. The Morgan fingerprint density at radius 3 is 2.40 bits per heavy atom. The van der Waals surface area contributed by atoms with Gasteiger partial charge in [-0.1, -0.05) is 18.2 Å². The van der Waals surface area contributed by atoms with E-state index >= 15 is 0 Å². The van der Waals surface area contributed by atoms with E-state index in [9.17, 15) is 9.90 Å². The summed E-state index contributed by atoms with van der Waals surface area (Å²) < 4.78 is 16.3. The Kier molecular flexibility index (Phi) is 6.28. The van der Waals surface area contributed by atoms with Crippen LogP contribution in [-0.4, -0.2) is 31.4 Å². The zero-order valence-corrected chi connectivity index (χ0v) is 15.0. The molecular weight excluding hydrogens is 320 g/mol. The van der Waals surface area contributed by atoms with E-state index in [1.807, 2.05) is 26.0 Å². The Morgan fingerprint density at radius 2 is 1.80 bits per heavy atom. The molecule has 0 fully saturated rings. The van der Waals surface area contributed by atoms with Gasteiger partial charge in [0, 0.05) is 0 Å². The largest absolute Gasteiger partial charge is 0.497 e. The molecule has 0 saturated heterocycles. The normalized spacial score (nSPS) is 11.9. The Morgan fingerprint density at radius 1 is 1.04 bits per heavy atom. The maximum atomic E-state index is 11.8. The Balaban J connectivity index is 2.31. The van der Waals surface area contributed by atoms with Gasteiger partial charge in [-0.15, -0.1) is 0 Å². The molecule has 134 valence electrons. The van der Waals surface area contributed by atoms with Gasteiger partial charge in [0.05, 0.1) is 26.2 Å². The lowest BCUT2D eigenvalue weighted by atomic mass is 9.92. The summed E-state index contributed by atoms with van der Waals surface area (Å²) in [6, 6.07) is 12.7. The predicted molar refractivity (Wildman–Crippen MR) is 95.8 cm³/mol. The average molecular weight is 344 g/mol. The van der Waals surface area contributed by atoms with Crippen LogP contribution in [0.25, 0.3) is 0 Å². The first-order valence-electron chi connectivity index (χ1n) is 8.15. The highest BCUT2D eigenvalue weighted by molar-refractivity contribution is 5.76. The number of ether oxygens (including phenoxy) is 3. The average Bonchev–Trinajstić information content (AvgIpc) is 2.59. The Hall–Kier alpha value is -2.69. The van der Waals surface area contributed by atoms with E-state index in [1.54, 1.807) is 44.6 Å². The van der Waals surface area contributed by atoms with Crippen molar-refractivity contribution in [1.82, 2.24) is 0 Å². The van der Waals surface area contributed by atoms with Crippen LogP contribution in [0.3, 0.4) is 0 Å². The van der Waals surface area contributed by atoms with Crippen molar-refractivity contribution < 1.29 is 24.1 Å². The summed E-state index contributed by atoms with van der Waals surface area (Å²) in [7, 11) is 3.15. The fourth-order valence-electron chi connectivity index (χ4n) is 2.64. The molecule has 0 saturated carbocycles. The molecule has 2 aromatic rings. The zero-order valence-electron chi connectivity index (χ0n) is 15.0. The molecule has 0 aliphatic heterocycles. The lowest BCUT2D eigenvalue weighted by Crippen LogP contribution is -2.15. The molecule has 5 nitrogen and oxygen atoms in total. The van der Waals surface area contributed by atoms with Crippen LogP contribution in [0.5, 0.6) is 17.2 Å². The molecule has 0 bridgehead atoms. The van der Waals surface area contributed by atoms with E-state index in [0.29, 0.717) is 29.2 Å². The summed E-state index contributed by atoms with van der Waals surface area (Å²) in [4.78, 5) is 11.8.